The number of hydrogen-bond donors (Lipinski definition) is 2. The average molecular weight is 469 g/mol. The number of aromatic amines is 1. The number of ether oxygens (including phenoxy) is 1. The van der Waals surface area contributed by atoms with Crippen LogP contribution in [0.5, 0.6) is 5.75 Å². The van der Waals surface area contributed by atoms with E-state index in [1.54, 1.807) is 24.3 Å². The van der Waals surface area contributed by atoms with Crippen LogP contribution < -0.4 is 15.0 Å². The van der Waals surface area contributed by atoms with Crippen LogP contribution >= 0.6 is 0 Å². The largest absolute Gasteiger partial charge is 0.487 e. The topological polar surface area (TPSA) is 99.3 Å². The van der Waals surface area contributed by atoms with Gasteiger partial charge in [-0.2, -0.15) is 5.10 Å². The van der Waals surface area contributed by atoms with E-state index in [4.69, 9.17) is 14.7 Å². The Kier molecular flexibility index (Phi) is 5.99. The van der Waals surface area contributed by atoms with Crippen molar-refractivity contribution in [2.45, 2.75) is 31.9 Å². The summed E-state index contributed by atoms with van der Waals surface area (Å²) in [5, 5.41) is 9.54. The SMILES string of the molecule is CNC(=O)N1CCc2nc(N3CCC(Oc4ccc(F)cc4F)CC3)c(-c3cn[nH]c3)nc2C1. The van der Waals surface area contributed by atoms with Gasteiger partial charge in [0.15, 0.2) is 17.4 Å². The van der Waals surface area contributed by atoms with Crippen molar-refractivity contribution in [2.75, 3.05) is 31.6 Å². The van der Waals surface area contributed by atoms with Gasteiger partial charge in [0, 0.05) is 63.8 Å². The Morgan fingerprint density at radius 2 is 2.00 bits per heavy atom. The predicted octanol–water partition coefficient (Wildman–Crippen LogP) is 2.89. The molecule has 0 saturated carbocycles. The van der Waals surface area contributed by atoms with Crippen LogP contribution in [0, 0.1) is 11.6 Å². The van der Waals surface area contributed by atoms with Crippen LogP contribution in [0.3, 0.4) is 0 Å². The summed E-state index contributed by atoms with van der Waals surface area (Å²) < 4.78 is 33.0. The number of H-pyrrole nitrogens is 1. The summed E-state index contributed by atoms with van der Waals surface area (Å²) >= 11 is 0. The van der Waals surface area contributed by atoms with E-state index in [1.807, 2.05) is 0 Å². The predicted molar refractivity (Wildman–Crippen MR) is 120 cm³/mol. The lowest BCUT2D eigenvalue weighted by Crippen LogP contribution is -2.42. The van der Waals surface area contributed by atoms with Gasteiger partial charge in [0.2, 0.25) is 0 Å². The van der Waals surface area contributed by atoms with Gasteiger partial charge in [-0.25, -0.2) is 23.5 Å². The molecule has 4 heterocycles. The molecule has 2 aromatic heterocycles. The van der Waals surface area contributed by atoms with E-state index in [0.29, 0.717) is 51.1 Å². The molecule has 0 spiro atoms. The first-order valence-electron chi connectivity index (χ1n) is 11.2. The average Bonchev–Trinajstić information content (AvgIpc) is 3.39. The zero-order valence-corrected chi connectivity index (χ0v) is 18.7. The molecule has 1 saturated heterocycles. The quantitative estimate of drug-likeness (QED) is 0.610. The first-order valence-corrected chi connectivity index (χ1v) is 11.2. The van der Waals surface area contributed by atoms with E-state index in [2.05, 4.69) is 20.4 Å². The highest BCUT2D eigenvalue weighted by atomic mass is 19.1. The number of carbonyl (C=O) groups is 1. The van der Waals surface area contributed by atoms with Gasteiger partial charge in [0.25, 0.3) is 0 Å². The second-order valence-electron chi connectivity index (χ2n) is 8.38. The van der Waals surface area contributed by atoms with Crippen LogP contribution in [0.1, 0.15) is 24.2 Å². The number of amides is 2. The fourth-order valence-electron chi connectivity index (χ4n) is 4.38. The molecule has 0 bridgehead atoms. The molecule has 1 fully saturated rings. The molecule has 0 radical (unpaired) electrons. The van der Waals surface area contributed by atoms with Crippen LogP contribution in [0.15, 0.2) is 30.6 Å². The molecule has 178 valence electrons. The molecule has 0 atom stereocenters. The van der Waals surface area contributed by atoms with Crippen LogP contribution in [0.4, 0.5) is 19.4 Å². The van der Waals surface area contributed by atoms with Crippen molar-refractivity contribution in [1.29, 1.82) is 0 Å². The second kappa shape index (κ2) is 9.24. The van der Waals surface area contributed by atoms with Gasteiger partial charge < -0.3 is 19.9 Å². The minimum Gasteiger partial charge on any atom is -0.487 e. The normalized spacial score (nSPS) is 16.3. The monoisotopic (exact) mass is 469 g/mol. The van der Waals surface area contributed by atoms with Gasteiger partial charge in [-0.15, -0.1) is 0 Å². The molecular formula is C23H25F2N7O2. The maximum absolute atomic E-state index is 14.0. The summed E-state index contributed by atoms with van der Waals surface area (Å²) in [5.41, 5.74) is 3.18. The van der Waals surface area contributed by atoms with E-state index < -0.39 is 11.6 Å². The maximum atomic E-state index is 14.0. The van der Waals surface area contributed by atoms with Crippen molar-refractivity contribution in [3.8, 4) is 17.0 Å². The number of anilines is 1. The Balaban J connectivity index is 1.36. The molecule has 11 heteroatoms. The van der Waals surface area contributed by atoms with E-state index in [0.717, 1.165) is 28.8 Å². The number of aromatic nitrogens is 4. The lowest BCUT2D eigenvalue weighted by molar-refractivity contribution is 0.163. The van der Waals surface area contributed by atoms with Gasteiger partial charge in [-0.1, -0.05) is 0 Å². The highest BCUT2D eigenvalue weighted by Gasteiger charge is 2.29. The summed E-state index contributed by atoms with van der Waals surface area (Å²) in [6.07, 6.45) is 5.23. The van der Waals surface area contributed by atoms with Crippen molar-refractivity contribution in [2.24, 2.45) is 0 Å². The minimum atomic E-state index is -0.698. The second-order valence-corrected chi connectivity index (χ2v) is 8.38. The van der Waals surface area contributed by atoms with E-state index in [9.17, 15) is 13.6 Å². The number of nitrogens with zero attached hydrogens (tertiary/aromatic N) is 5. The standard InChI is InChI=1S/C23H25F2N7O2/c1-26-23(33)32-9-6-18-19(13-32)29-21(14-11-27-28-12-14)22(30-18)31-7-4-16(5-8-31)34-20-3-2-15(24)10-17(20)25/h2-3,10-12,16H,4-9,13H2,1H3,(H,26,33)(H,27,28). The Hall–Kier alpha value is -3.76. The van der Waals surface area contributed by atoms with E-state index in [1.165, 1.54) is 12.1 Å². The molecular weight excluding hydrogens is 444 g/mol. The lowest BCUT2D eigenvalue weighted by atomic mass is 10.1. The zero-order chi connectivity index (χ0) is 23.7. The maximum Gasteiger partial charge on any atom is 0.317 e. The smallest absolute Gasteiger partial charge is 0.317 e. The highest BCUT2D eigenvalue weighted by molar-refractivity contribution is 5.75. The number of hydrogen-bond acceptors (Lipinski definition) is 6. The molecule has 34 heavy (non-hydrogen) atoms. The van der Waals surface area contributed by atoms with Gasteiger partial charge in [0.05, 0.1) is 24.1 Å². The Morgan fingerprint density at radius 1 is 1.18 bits per heavy atom. The molecule has 2 N–H and O–H groups in total. The minimum absolute atomic E-state index is 0.0631. The Morgan fingerprint density at radius 3 is 2.71 bits per heavy atom. The first-order chi connectivity index (χ1) is 16.5. The highest BCUT2D eigenvalue weighted by Crippen LogP contribution is 2.32. The van der Waals surface area contributed by atoms with Gasteiger partial charge in [-0.3, -0.25) is 5.10 Å². The van der Waals surface area contributed by atoms with Crippen molar-refractivity contribution < 1.29 is 18.3 Å². The number of urea groups is 1. The number of benzene rings is 1. The molecule has 0 unspecified atom stereocenters. The van der Waals surface area contributed by atoms with Crippen molar-refractivity contribution >= 4 is 11.8 Å². The fourth-order valence-corrected chi connectivity index (χ4v) is 4.38. The zero-order valence-electron chi connectivity index (χ0n) is 18.7. The molecule has 1 aromatic carbocycles. The van der Waals surface area contributed by atoms with Crippen LogP contribution in [-0.2, 0) is 13.0 Å². The fraction of sp³-hybridized carbons (Fsp3) is 0.391. The number of rotatable bonds is 4. The third kappa shape index (κ3) is 4.37. The third-order valence-electron chi connectivity index (χ3n) is 6.19. The summed E-state index contributed by atoms with van der Waals surface area (Å²) in [4.78, 5) is 25.8. The molecule has 2 amide bonds. The summed E-state index contributed by atoms with van der Waals surface area (Å²) in [6, 6.07) is 3.21. The van der Waals surface area contributed by atoms with E-state index in [-0.39, 0.29) is 17.9 Å². The third-order valence-corrected chi connectivity index (χ3v) is 6.19. The molecule has 0 aliphatic carbocycles. The molecule has 5 rings (SSSR count). The van der Waals surface area contributed by atoms with Crippen molar-refractivity contribution in [3.63, 3.8) is 0 Å². The number of piperidine rings is 1. The number of fused-ring (bicyclic) bond motifs is 1. The van der Waals surface area contributed by atoms with Crippen LogP contribution in [0.25, 0.3) is 11.3 Å². The van der Waals surface area contributed by atoms with E-state index >= 15 is 0 Å². The van der Waals surface area contributed by atoms with Crippen LogP contribution in [-0.4, -0.2) is 63.9 Å². The molecule has 3 aromatic rings. The van der Waals surface area contributed by atoms with Crippen molar-refractivity contribution in [1.82, 2.24) is 30.4 Å². The summed E-state index contributed by atoms with van der Waals surface area (Å²) in [6.45, 7) is 2.27. The van der Waals surface area contributed by atoms with Crippen molar-refractivity contribution in [3.05, 3.63) is 53.6 Å². The van der Waals surface area contributed by atoms with Crippen LogP contribution in [0.2, 0.25) is 0 Å². The molecule has 2 aliphatic heterocycles. The Bertz CT molecular complexity index is 1180. The number of carbonyl (C=O) groups excluding carboxylic acids is 1. The summed E-state index contributed by atoms with van der Waals surface area (Å²) in [7, 11) is 1.61. The van der Waals surface area contributed by atoms with Gasteiger partial charge >= 0.3 is 6.03 Å². The molecule has 9 nitrogen and oxygen atoms in total. The van der Waals surface area contributed by atoms with Gasteiger partial charge in [0.1, 0.15) is 17.6 Å². The number of halogens is 2. The Labute approximate surface area is 195 Å². The first kappa shape index (κ1) is 22.1. The molecule has 2 aliphatic rings. The summed E-state index contributed by atoms with van der Waals surface area (Å²) in [5.74, 6) is -0.500. The number of nitrogens with one attached hydrogen (secondary N) is 2. The lowest BCUT2D eigenvalue weighted by Gasteiger charge is -2.35. The van der Waals surface area contributed by atoms with Gasteiger partial charge in [-0.05, 0) is 12.1 Å².